The lowest BCUT2D eigenvalue weighted by molar-refractivity contribution is 0.597. The molecule has 0 fully saturated rings. The molecule has 104 valence electrons. The van der Waals surface area contributed by atoms with Crippen LogP contribution in [0.3, 0.4) is 0 Å². The van der Waals surface area contributed by atoms with Crippen molar-refractivity contribution in [1.29, 1.82) is 5.26 Å². The third-order valence-corrected chi connectivity index (χ3v) is 4.53. The van der Waals surface area contributed by atoms with E-state index in [0.29, 0.717) is 17.8 Å². The summed E-state index contributed by atoms with van der Waals surface area (Å²) in [6.45, 7) is 0.389. The van der Waals surface area contributed by atoms with Crippen LogP contribution in [0.2, 0.25) is 0 Å². The third kappa shape index (κ3) is 2.39. The molecule has 0 atom stereocenters. The van der Waals surface area contributed by atoms with Crippen LogP contribution in [0.5, 0.6) is 0 Å². The summed E-state index contributed by atoms with van der Waals surface area (Å²) in [4.78, 5) is 1.91. The fourth-order valence-corrected chi connectivity index (χ4v) is 3.28. The zero-order valence-electron chi connectivity index (χ0n) is 11.0. The molecular formula is C15H11N3O2S. The monoisotopic (exact) mass is 297 g/mol. The summed E-state index contributed by atoms with van der Waals surface area (Å²) in [6.07, 6.45) is 1.30. The minimum absolute atomic E-state index is 0.182. The highest BCUT2D eigenvalue weighted by Gasteiger charge is 2.25. The average Bonchev–Trinajstić information content (AvgIpc) is 2.51. The van der Waals surface area contributed by atoms with Gasteiger partial charge in [-0.15, -0.1) is 4.40 Å². The Bertz CT molecular complexity index is 866. The summed E-state index contributed by atoms with van der Waals surface area (Å²) < 4.78 is 27.5. The molecule has 3 rings (SSSR count). The van der Waals surface area contributed by atoms with Gasteiger partial charge in [-0.3, -0.25) is 0 Å². The fraction of sp³-hybridized carbons (Fsp3) is 0.0667. The van der Waals surface area contributed by atoms with Crippen LogP contribution < -0.4 is 4.90 Å². The molecule has 0 aromatic heterocycles. The summed E-state index contributed by atoms with van der Waals surface area (Å²) in [6, 6.07) is 16.1. The lowest BCUT2D eigenvalue weighted by Crippen LogP contribution is -2.27. The second kappa shape index (κ2) is 5.04. The molecule has 2 aromatic rings. The standard InChI is InChI=1S/C15H11N3O2S/c16-9-12-5-1-2-6-13(12)10-18-11-17-21(19,20)15-8-4-3-7-14(15)18/h1-8,11H,10H2. The Kier molecular flexibility index (Phi) is 3.20. The highest BCUT2D eigenvalue weighted by molar-refractivity contribution is 7.90. The van der Waals surface area contributed by atoms with Crippen molar-refractivity contribution in [2.45, 2.75) is 11.4 Å². The molecule has 0 spiro atoms. The Balaban J connectivity index is 2.04. The highest BCUT2D eigenvalue weighted by atomic mass is 32.2. The molecule has 0 amide bonds. The molecule has 0 unspecified atom stereocenters. The van der Waals surface area contributed by atoms with E-state index in [1.165, 1.54) is 12.4 Å². The van der Waals surface area contributed by atoms with Gasteiger partial charge in [-0.25, -0.2) is 0 Å². The second-order valence-electron chi connectivity index (χ2n) is 4.56. The predicted molar refractivity (Wildman–Crippen MR) is 79.5 cm³/mol. The molecular weight excluding hydrogens is 286 g/mol. The first kappa shape index (κ1) is 13.3. The van der Waals surface area contributed by atoms with Crippen molar-refractivity contribution in [3.05, 3.63) is 59.7 Å². The molecule has 1 aliphatic rings. The van der Waals surface area contributed by atoms with Gasteiger partial charge in [0.05, 0.1) is 23.9 Å². The second-order valence-corrected chi connectivity index (χ2v) is 6.16. The van der Waals surface area contributed by atoms with Gasteiger partial charge in [0.25, 0.3) is 10.0 Å². The molecule has 6 heteroatoms. The smallest absolute Gasteiger partial charge is 0.285 e. The fourth-order valence-electron chi connectivity index (χ4n) is 2.23. The summed E-state index contributed by atoms with van der Waals surface area (Å²) in [5.41, 5.74) is 1.96. The molecule has 0 N–H and O–H groups in total. The maximum atomic E-state index is 11.9. The van der Waals surface area contributed by atoms with Crippen molar-refractivity contribution < 1.29 is 8.42 Å². The lowest BCUT2D eigenvalue weighted by Gasteiger charge is -2.25. The summed E-state index contributed by atoms with van der Waals surface area (Å²) >= 11 is 0. The van der Waals surface area contributed by atoms with Gasteiger partial charge in [0.2, 0.25) is 0 Å². The normalized spacial score (nSPS) is 15.3. The number of anilines is 1. The first-order valence-corrected chi connectivity index (χ1v) is 7.70. The van der Waals surface area contributed by atoms with E-state index in [4.69, 9.17) is 5.26 Å². The minimum atomic E-state index is -3.62. The number of hydrogen-bond acceptors (Lipinski definition) is 4. The Morgan fingerprint density at radius 1 is 1.10 bits per heavy atom. The molecule has 0 bridgehead atoms. The molecule has 2 aromatic carbocycles. The lowest BCUT2D eigenvalue weighted by atomic mass is 10.1. The van der Waals surface area contributed by atoms with Crippen LogP contribution in [-0.4, -0.2) is 14.8 Å². The van der Waals surface area contributed by atoms with Crippen molar-refractivity contribution in [3.8, 4) is 6.07 Å². The number of sulfonamides is 1. The SMILES string of the molecule is N#Cc1ccccc1CN1C=NS(=O)(=O)c2ccccc21. The van der Waals surface area contributed by atoms with E-state index in [2.05, 4.69) is 10.5 Å². The predicted octanol–water partition coefficient (Wildman–Crippen LogP) is 2.30. The zero-order chi connectivity index (χ0) is 14.9. The number of nitrogens with zero attached hydrogens (tertiary/aromatic N) is 3. The summed E-state index contributed by atoms with van der Waals surface area (Å²) in [5, 5.41) is 9.13. The molecule has 0 aliphatic carbocycles. The molecule has 0 saturated heterocycles. The van der Waals surface area contributed by atoms with Gasteiger partial charge in [0, 0.05) is 0 Å². The van der Waals surface area contributed by atoms with Gasteiger partial charge >= 0.3 is 0 Å². The van der Waals surface area contributed by atoms with Crippen LogP contribution in [0.1, 0.15) is 11.1 Å². The average molecular weight is 297 g/mol. The summed E-state index contributed by atoms with van der Waals surface area (Å²) in [7, 11) is -3.62. The van der Waals surface area contributed by atoms with Crippen molar-refractivity contribution in [2.75, 3.05) is 4.90 Å². The molecule has 0 radical (unpaired) electrons. The first-order chi connectivity index (χ1) is 10.1. The van der Waals surface area contributed by atoms with Gasteiger partial charge in [-0.2, -0.15) is 13.7 Å². The Morgan fingerprint density at radius 2 is 1.81 bits per heavy atom. The van der Waals surface area contributed by atoms with Crippen molar-refractivity contribution in [2.24, 2.45) is 4.40 Å². The summed E-state index contributed by atoms with van der Waals surface area (Å²) in [5.74, 6) is 0. The van der Waals surface area contributed by atoms with E-state index >= 15 is 0 Å². The maximum absolute atomic E-state index is 11.9. The van der Waals surface area contributed by atoms with Gasteiger partial charge in [-0.1, -0.05) is 30.3 Å². The van der Waals surface area contributed by atoms with Crippen LogP contribution in [0.25, 0.3) is 0 Å². The van der Waals surface area contributed by atoms with Crippen LogP contribution >= 0.6 is 0 Å². The zero-order valence-corrected chi connectivity index (χ0v) is 11.8. The Morgan fingerprint density at radius 3 is 2.62 bits per heavy atom. The quantitative estimate of drug-likeness (QED) is 0.852. The van der Waals surface area contributed by atoms with Gasteiger partial charge < -0.3 is 4.90 Å². The Hall–Kier alpha value is -2.65. The molecule has 21 heavy (non-hydrogen) atoms. The topological polar surface area (TPSA) is 73.5 Å². The van der Waals surface area contributed by atoms with E-state index in [1.54, 1.807) is 35.2 Å². The van der Waals surface area contributed by atoms with Crippen LogP contribution in [0.4, 0.5) is 5.69 Å². The Labute approximate surface area is 122 Å². The van der Waals surface area contributed by atoms with Crippen LogP contribution in [0, 0.1) is 11.3 Å². The van der Waals surface area contributed by atoms with E-state index in [9.17, 15) is 8.42 Å². The third-order valence-electron chi connectivity index (χ3n) is 3.26. The number of hydrogen-bond donors (Lipinski definition) is 0. The number of para-hydroxylation sites is 1. The first-order valence-electron chi connectivity index (χ1n) is 6.26. The van der Waals surface area contributed by atoms with E-state index in [-0.39, 0.29) is 4.90 Å². The van der Waals surface area contributed by atoms with Gasteiger partial charge in [-0.05, 0) is 23.8 Å². The van der Waals surface area contributed by atoms with Gasteiger partial charge in [0.15, 0.2) is 0 Å². The molecule has 5 nitrogen and oxygen atoms in total. The molecule has 1 heterocycles. The van der Waals surface area contributed by atoms with E-state index in [1.807, 2.05) is 12.1 Å². The largest absolute Gasteiger partial charge is 0.326 e. The number of benzene rings is 2. The van der Waals surface area contributed by atoms with Crippen LogP contribution in [-0.2, 0) is 16.6 Å². The number of rotatable bonds is 2. The molecule has 1 aliphatic heterocycles. The molecule has 0 saturated carbocycles. The van der Waals surface area contributed by atoms with E-state index < -0.39 is 10.0 Å². The highest BCUT2D eigenvalue weighted by Crippen LogP contribution is 2.30. The maximum Gasteiger partial charge on any atom is 0.285 e. The van der Waals surface area contributed by atoms with Crippen molar-refractivity contribution >= 4 is 22.0 Å². The minimum Gasteiger partial charge on any atom is -0.326 e. The number of fused-ring (bicyclic) bond motifs is 1. The number of nitriles is 1. The van der Waals surface area contributed by atoms with Crippen molar-refractivity contribution in [1.82, 2.24) is 0 Å². The van der Waals surface area contributed by atoms with Gasteiger partial charge in [0.1, 0.15) is 11.2 Å². The van der Waals surface area contributed by atoms with Crippen molar-refractivity contribution in [3.63, 3.8) is 0 Å². The van der Waals surface area contributed by atoms with Crippen LogP contribution in [0.15, 0.2) is 57.8 Å². The van der Waals surface area contributed by atoms with E-state index in [0.717, 1.165) is 5.56 Å².